The molecular weight excluding hydrogens is 375 g/mol. The number of imidazole rings is 1. The van der Waals surface area contributed by atoms with Gasteiger partial charge in [-0.1, -0.05) is 30.3 Å². The van der Waals surface area contributed by atoms with E-state index in [1.54, 1.807) is 4.90 Å². The minimum Gasteiger partial charge on any atom is -0.464 e. The highest BCUT2D eigenvalue weighted by Crippen LogP contribution is 2.38. The molecule has 2 unspecified atom stereocenters. The van der Waals surface area contributed by atoms with Gasteiger partial charge in [0.25, 0.3) is 0 Å². The highest BCUT2D eigenvalue weighted by Gasteiger charge is 2.51. The van der Waals surface area contributed by atoms with Gasteiger partial charge in [-0.25, -0.2) is 9.78 Å². The van der Waals surface area contributed by atoms with E-state index in [1.165, 1.54) is 24.2 Å². The Bertz CT molecular complexity index is 836. The van der Waals surface area contributed by atoms with Crippen molar-refractivity contribution in [2.24, 2.45) is 11.8 Å². The Morgan fingerprint density at radius 2 is 1.93 bits per heavy atom. The Morgan fingerprint density at radius 3 is 2.57 bits per heavy atom. The van der Waals surface area contributed by atoms with Crippen LogP contribution in [0.25, 0.3) is 0 Å². The van der Waals surface area contributed by atoms with E-state index in [0.717, 1.165) is 5.56 Å². The van der Waals surface area contributed by atoms with Crippen LogP contribution in [0.5, 0.6) is 0 Å². The van der Waals surface area contributed by atoms with Crippen molar-refractivity contribution in [1.29, 1.82) is 0 Å². The summed E-state index contributed by atoms with van der Waals surface area (Å²) in [6, 6.07) is 9.16. The molecule has 0 aliphatic carbocycles. The number of likely N-dealkylation sites (tertiary alicyclic amines) is 1. The van der Waals surface area contributed by atoms with Crippen molar-refractivity contribution >= 4 is 11.8 Å². The topological polar surface area (TPSA) is 64.4 Å². The second kappa shape index (κ2) is 8.14. The maximum absolute atomic E-state index is 13.6. The third-order valence-corrected chi connectivity index (χ3v) is 4.91. The van der Waals surface area contributed by atoms with Gasteiger partial charge in [0.2, 0.25) is 0 Å². The second-order valence-electron chi connectivity index (χ2n) is 6.80. The van der Waals surface area contributed by atoms with Crippen LogP contribution in [0.4, 0.5) is 13.2 Å². The Hall–Kier alpha value is -2.68. The molecule has 2 atom stereocenters. The lowest BCUT2D eigenvalue weighted by molar-refractivity contribution is -0.183. The third kappa shape index (κ3) is 4.41. The zero-order chi connectivity index (χ0) is 20.3. The minimum absolute atomic E-state index is 0.0140. The number of halogens is 3. The molecule has 0 radical (unpaired) electrons. The third-order valence-electron chi connectivity index (χ3n) is 4.91. The Kier molecular flexibility index (Phi) is 5.83. The number of hydrogen-bond acceptors (Lipinski definition) is 5. The summed E-state index contributed by atoms with van der Waals surface area (Å²) >= 11 is 0. The molecule has 0 N–H and O–H groups in total. The Balaban J connectivity index is 1.75. The lowest BCUT2D eigenvalue weighted by atomic mass is 9.91. The van der Waals surface area contributed by atoms with E-state index in [0.29, 0.717) is 6.54 Å². The van der Waals surface area contributed by atoms with E-state index in [4.69, 9.17) is 0 Å². The number of ether oxygens (including phenoxy) is 1. The molecular formula is C19H20F3N3O3. The number of carbonyl (C=O) groups excluding carboxylic acids is 2. The Morgan fingerprint density at radius 1 is 1.21 bits per heavy atom. The predicted octanol–water partition coefficient (Wildman–Crippen LogP) is 2.55. The van der Waals surface area contributed by atoms with Gasteiger partial charge in [0.05, 0.1) is 32.1 Å². The second-order valence-corrected chi connectivity index (χ2v) is 6.80. The van der Waals surface area contributed by atoms with Crippen molar-refractivity contribution in [3.8, 4) is 0 Å². The lowest BCUT2D eigenvalue weighted by Crippen LogP contribution is -2.35. The first-order valence-electron chi connectivity index (χ1n) is 8.73. The standard InChI is InChI=1S/C19H20F3N3O3/c1-28-18(27)16-7-23-12-25(16)11-17(26)14-9-24(10-15(14)19(20,21)22)8-13-5-3-2-4-6-13/h2-7,12,14-15H,8-11H2,1H3. The zero-order valence-electron chi connectivity index (χ0n) is 15.2. The van der Waals surface area contributed by atoms with Crippen LogP contribution in [0, 0.1) is 11.8 Å². The van der Waals surface area contributed by atoms with Crippen molar-refractivity contribution in [3.05, 3.63) is 54.1 Å². The molecule has 0 bridgehead atoms. The van der Waals surface area contributed by atoms with E-state index < -0.39 is 29.8 Å². The molecule has 3 rings (SSSR count). The first kappa shape index (κ1) is 20.1. The molecule has 1 aliphatic heterocycles. The predicted molar refractivity (Wildman–Crippen MR) is 93.3 cm³/mol. The summed E-state index contributed by atoms with van der Waals surface area (Å²) in [4.78, 5) is 29.8. The van der Waals surface area contributed by atoms with Crippen LogP contribution in [-0.4, -0.2) is 52.6 Å². The first-order valence-corrected chi connectivity index (χ1v) is 8.73. The molecule has 2 aromatic rings. The molecule has 1 fully saturated rings. The average molecular weight is 395 g/mol. The van der Waals surface area contributed by atoms with Crippen molar-refractivity contribution < 1.29 is 27.5 Å². The van der Waals surface area contributed by atoms with Crippen LogP contribution >= 0.6 is 0 Å². The Labute approximate surface area is 159 Å². The molecule has 1 saturated heterocycles. The van der Waals surface area contributed by atoms with Gasteiger partial charge in [-0.05, 0) is 5.56 Å². The summed E-state index contributed by atoms with van der Waals surface area (Å²) in [5.41, 5.74) is 0.914. The van der Waals surface area contributed by atoms with Gasteiger partial charge < -0.3 is 9.30 Å². The molecule has 2 heterocycles. The monoisotopic (exact) mass is 395 g/mol. The van der Waals surface area contributed by atoms with Crippen LogP contribution in [0.2, 0.25) is 0 Å². The first-order chi connectivity index (χ1) is 13.3. The van der Waals surface area contributed by atoms with E-state index >= 15 is 0 Å². The normalized spacial score (nSPS) is 20.3. The number of rotatable bonds is 6. The van der Waals surface area contributed by atoms with Gasteiger partial charge in [-0.3, -0.25) is 9.69 Å². The largest absolute Gasteiger partial charge is 0.464 e. The molecule has 28 heavy (non-hydrogen) atoms. The number of methoxy groups -OCH3 is 1. The molecule has 0 amide bonds. The van der Waals surface area contributed by atoms with Crippen molar-refractivity contribution in [2.45, 2.75) is 19.3 Å². The minimum atomic E-state index is -4.48. The molecule has 150 valence electrons. The molecule has 0 spiro atoms. The van der Waals surface area contributed by atoms with Crippen LogP contribution < -0.4 is 0 Å². The summed E-state index contributed by atoms with van der Waals surface area (Å²) in [5.74, 6) is -4.22. The summed E-state index contributed by atoms with van der Waals surface area (Å²) < 4.78 is 46.5. The number of benzene rings is 1. The van der Waals surface area contributed by atoms with Gasteiger partial charge in [-0.15, -0.1) is 0 Å². The smallest absolute Gasteiger partial charge is 0.393 e. The number of Topliss-reactive ketones (excluding diaryl/α,β-unsaturated/α-hetero) is 1. The number of esters is 1. The number of aromatic nitrogens is 2. The van der Waals surface area contributed by atoms with E-state index in [-0.39, 0.29) is 25.3 Å². The summed E-state index contributed by atoms with van der Waals surface area (Å²) in [6.07, 6.45) is -2.02. The van der Waals surface area contributed by atoms with E-state index in [1.807, 2.05) is 30.3 Å². The van der Waals surface area contributed by atoms with E-state index in [2.05, 4.69) is 9.72 Å². The quantitative estimate of drug-likeness (QED) is 0.704. The highest BCUT2D eigenvalue weighted by atomic mass is 19.4. The molecule has 0 saturated carbocycles. The fraction of sp³-hybridized carbons (Fsp3) is 0.421. The van der Waals surface area contributed by atoms with Gasteiger partial charge >= 0.3 is 12.1 Å². The van der Waals surface area contributed by atoms with Gasteiger partial charge in [0.1, 0.15) is 5.69 Å². The van der Waals surface area contributed by atoms with Crippen LogP contribution in [-0.2, 0) is 22.6 Å². The summed E-state index contributed by atoms with van der Waals surface area (Å²) in [5, 5.41) is 0. The highest BCUT2D eigenvalue weighted by molar-refractivity contribution is 5.88. The number of nitrogens with zero attached hydrogens (tertiary/aromatic N) is 3. The van der Waals surface area contributed by atoms with E-state index in [9.17, 15) is 22.8 Å². The van der Waals surface area contributed by atoms with Crippen LogP contribution in [0.15, 0.2) is 42.9 Å². The van der Waals surface area contributed by atoms with Gasteiger partial charge in [-0.2, -0.15) is 13.2 Å². The number of hydrogen-bond donors (Lipinski definition) is 0. The summed E-state index contributed by atoms with van der Waals surface area (Å²) in [7, 11) is 1.18. The number of alkyl halides is 3. The number of ketones is 1. The lowest BCUT2D eigenvalue weighted by Gasteiger charge is -2.20. The molecule has 6 nitrogen and oxygen atoms in total. The van der Waals surface area contributed by atoms with Gasteiger partial charge in [0.15, 0.2) is 5.78 Å². The van der Waals surface area contributed by atoms with Crippen molar-refractivity contribution in [1.82, 2.24) is 14.5 Å². The maximum atomic E-state index is 13.6. The van der Waals surface area contributed by atoms with Crippen molar-refractivity contribution in [2.75, 3.05) is 20.2 Å². The fourth-order valence-corrected chi connectivity index (χ4v) is 3.52. The molecule has 9 heteroatoms. The van der Waals surface area contributed by atoms with Crippen LogP contribution in [0.1, 0.15) is 16.1 Å². The zero-order valence-corrected chi connectivity index (χ0v) is 15.2. The fourth-order valence-electron chi connectivity index (χ4n) is 3.52. The van der Waals surface area contributed by atoms with Crippen LogP contribution in [0.3, 0.4) is 0 Å². The molecule has 1 aromatic carbocycles. The molecule has 1 aromatic heterocycles. The van der Waals surface area contributed by atoms with Gasteiger partial charge in [0, 0.05) is 25.6 Å². The molecule has 1 aliphatic rings. The summed E-state index contributed by atoms with van der Waals surface area (Å²) in [6.45, 7) is -0.237. The maximum Gasteiger partial charge on any atom is 0.393 e. The van der Waals surface area contributed by atoms with Crippen molar-refractivity contribution in [3.63, 3.8) is 0 Å². The number of carbonyl (C=O) groups is 2. The average Bonchev–Trinajstić information content (AvgIpc) is 3.29. The SMILES string of the molecule is COC(=O)c1cncn1CC(=O)C1CN(Cc2ccccc2)CC1C(F)(F)F.